The summed E-state index contributed by atoms with van der Waals surface area (Å²) in [6.07, 6.45) is 0.834. The molecule has 0 saturated carbocycles. The number of halogens is 2. The van der Waals surface area contributed by atoms with Gasteiger partial charge in [-0.3, -0.25) is 4.79 Å². The first-order chi connectivity index (χ1) is 7.37. The van der Waals surface area contributed by atoms with Gasteiger partial charge in [-0.15, -0.1) is 0 Å². The molecule has 0 fully saturated rings. The Morgan fingerprint density at radius 2 is 1.81 bits per heavy atom. The van der Waals surface area contributed by atoms with Crippen molar-refractivity contribution in [1.82, 2.24) is 5.32 Å². The predicted octanol–water partition coefficient (Wildman–Crippen LogP) is 3.91. The SMILES string of the molecule is CCC(C)(C)NC(=O)c1c(Cl)cccc1Cl. The second-order valence-electron chi connectivity index (χ2n) is 4.29. The third-order valence-electron chi connectivity index (χ3n) is 2.53. The lowest BCUT2D eigenvalue weighted by Gasteiger charge is -2.24. The summed E-state index contributed by atoms with van der Waals surface area (Å²) in [5.74, 6) is -0.234. The average Bonchev–Trinajstić information content (AvgIpc) is 2.16. The summed E-state index contributed by atoms with van der Waals surface area (Å²) >= 11 is 11.9. The van der Waals surface area contributed by atoms with E-state index in [1.807, 2.05) is 20.8 Å². The first kappa shape index (κ1) is 13.3. The number of rotatable bonds is 3. The third-order valence-corrected chi connectivity index (χ3v) is 3.16. The highest BCUT2D eigenvalue weighted by Crippen LogP contribution is 2.24. The highest BCUT2D eigenvalue weighted by atomic mass is 35.5. The van der Waals surface area contributed by atoms with Crippen LogP contribution in [-0.4, -0.2) is 11.4 Å². The zero-order valence-corrected chi connectivity index (χ0v) is 11.1. The van der Waals surface area contributed by atoms with Crippen LogP contribution in [-0.2, 0) is 0 Å². The highest BCUT2D eigenvalue weighted by Gasteiger charge is 2.21. The molecule has 1 aromatic rings. The Balaban J connectivity index is 2.98. The Labute approximate surface area is 106 Å². The summed E-state index contributed by atoms with van der Waals surface area (Å²) in [5, 5.41) is 3.64. The molecule has 88 valence electrons. The van der Waals surface area contributed by atoms with Crippen LogP contribution in [0.5, 0.6) is 0 Å². The van der Waals surface area contributed by atoms with Crippen molar-refractivity contribution >= 4 is 29.1 Å². The van der Waals surface area contributed by atoms with Gasteiger partial charge in [0.05, 0.1) is 15.6 Å². The molecule has 0 radical (unpaired) electrons. The quantitative estimate of drug-likeness (QED) is 0.877. The largest absolute Gasteiger partial charge is 0.347 e. The first-order valence-corrected chi connectivity index (χ1v) is 5.89. The molecule has 1 N–H and O–H groups in total. The minimum absolute atomic E-state index is 0.234. The molecule has 0 aliphatic heterocycles. The van der Waals surface area contributed by atoms with Crippen molar-refractivity contribution in [3.63, 3.8) is 0 Å². The van der Waals surface area contributed by atoms with E-state index in [-0.39, 0.29) is 11.4 Å². The predicted molar refractivity (Wildman–Crippen MR) is 68.3 cm³/mol. The van der Waals surface area contributed by atoms with Crippen LogP contribution in [0.1, 0.15) is 37.6 Å². The van der Waals surface area contributed by atoms with E-state index >= 15 is 0 Å². The summed E-state index contributed by atoms with van der Waals surface area (Å²) in [6, 6.07) is 5.02. The van der Waals surface area contributed by atoms with Crippen LogP contribution in [0.25, 0.3) is 0 Å². The maximum atomic E-state index is 12.0. The van der Waals surface area contributed by atoms with Crippen LogP contribution in [0.2, 0.25) is 10.0 Å². The van der Waals surface area contributed by atoms with Gasteiger partial charge in [0.15, 0.2) is 0 Å². The molecular weight excluding hydrogens is 245 g/mol. The number of hydrogen-bond acceptors (Lipinski definition) is 1. The Morgan fingerprint density at radius 1 is 1.31 bits per heavy atom. The monoisotopic (exact) mass is 259 g/mol. The van der Waals surface area contributed by atoms with Crippen LogP contribution in [0.15, 0.2) is 18.2 Å². The molecule has 16 heavy (non-hydrogen) atoms. The van der Waals surface area contributed by atoms with E-state index in [0.717, 1.165) is 6.42 Å². The summed E-state index contributed by atoms with van der Waals surface area (Å²) in [6.45, 7) is 5.92. The Morgan fingerprint density at radius 3 is 2.25 bits per heavy atom. The molecule has 1 amide bonds. The van der Waals surface area contributed by atoms with Gasteiger partial charge in [0.1, 0.15) is 0 Å². The molecule has 0 aromatic heterocycles. The Bertz CT molecular complexity index is 382. The summed E-state index contributed by atoms with van der Waals surface area (Å²) in [4.78, 5) is 12.0. The molecule has 0 heterocycles. The molecular formula is C12H15Cl2NO. The Hall–Kier alpha value is -0.730. The summed E-state index contributed by atoms with van der Waals surface area (Å²) in [7, 11) is 0. The number of benzene rings is 1. The Kier molecular flexibility index (Phi) is 4.22. The fourth-order valence-corrected chi connectivity index (χ4v) is 1.74. The molecule has 0 spiro atoms. The van der Waals surface area contributed by atoms with E-state index in [1.54, 1.807) is 18.2 Å². The van der Waals surface area contributed by atoms with Crippen molar-refractivity contribution in [2.75, 3.05) is 0 Å². The molecule has 2 nitrogen and oxygen atoms in total. The number of amides is 1. The summed E-state index contributed by atoms with van der Waals surface area (Å²) < 4.78 is 0. The van der Waals surface area contributed by atoms with Crippen LogP contribution >= 0.6 is 23.2 Å². The van der Waals surface area contributed by atoms with Crippen molar-refractivity contribution in [2.24, 2.45) is 0 Å². The highest BCUT2D eigenvalue weighted by molar-refractivity contribution is 6.39. The average molecular weight is 260 g/mol. The van der Waals surface area contributed by atoms with Crippen LogP contribution in [0.3, 0.4) is 0 Å². The van der Waals surface area contributed by atoms with Gasteiger partial charge in [0.2, 0.25) is 0 Å². The number of nitrogens with one attached hydrogen (secondary N) is 1. The lowest BCUT2D eigenvalue weighted by molar-refractivity contribution is 0.0911. The van der Waals surface area contributed by atoms with Gasteiger partial charge in [-0.05, 0) is 32.4 Å². The van der Waals surface area contributed by atoms with Gasteiger partial charge in [0, 0.05) is 5.54 Å². The van der Waals surface area contributed by atoms with E-state index < -0.39 is 0 Å². The fraction of sp³-hybridized carbons (Fsp3) is 0.417. The van der Waals surface area contributed by atoms with Crippen molar-refractivity contribution in [3.05, 3.63) is 33.8 Å². The molecule has 1 rings (SSSR count). The lowest BCUT2D eigenvalue weighted by Crippen LogP contribution is -2.42. The first-order valence-electron chi connectivity index (χ1n) is 5.14. The second kappa shape index (κ2) is 5.07. The van der Waals surface area contributed by atoms with E-state index in [1.165, 1.54) is 0 Å². The maximum Gasteiger partial charge on any atom is 0.254 e. The topological polar surface area (TPSA) is 29.1 Å². The second-order valence-corrected chi connectivity index (χ2v) is 5.10. The molecule has 1 aromatic carbocycles. The van der Waals surface area contributed by atoms with Gasteiger partial charge in [-0.25, -0.2) is 0 Å². The molecule has 0 aliphatic carbocycles. The molecule has 0 bridgehead atoms. The standard InChI is InChI=1S/C12H15Cl2NO/c1-4-12(2,3)15-11(16)10-8(13)6-5-7-9(10)14/h5-7H,4H2,1-3H3,(H,15,16). The summed E-state index contributed by atoms with van der Waals surface area (Å²) in [5.41, 5.74) is 0.0758. The van der Waals surface area contributed by atoms with Crippen molar-refractivity contribution in [1.29, 1.82) is 0 Å². The van der Waals surface area contributed by atoms with Crippen molar-refractivity contribution in [2.45, 2.75) is 32.7 Å². The lowest BCUT2D eigenvalue weighted by atomic mass is 10.0. The molecule has 0 atom stereocenters. The molecule has 4 heteroatoms. The smallest absolute Gasteiger partial charge is 0.254 e. The van der Waals surface area contributed by atoms with Crippen molar-refractivity contribution < 1.29 is 4.79 Å². The fourth-order valence-electron chi connectivity index (χ4n) is 1.17. The zero-order chi connectivity index (χ0) is 12.3. The van der Waals surface area contributed by atoms with Gasteiger partial charge in [-0.1, -0.05) is 36.2 Å². The van der Waals surface area contributed by atoms with Gasteiger partial charge in [0.25, 0.3) is 5.91 Å². The van der Waals surface area contributed by atoms with E-state index in [4.69, 9.17) is 23.2 Å². The minimum atomic E-state index is -0.264. The molecule has 0 saturated heterocycles. The third kappa shape index (κ3) is 3.13. The van der Waals surface area contributed by atoms with E-state index in [9.17, 15) is 4.79 Å². The molecule has 0 aliphatic rings. The zero-order valence-electron chi connectivity index (χ0n) is 9.60. The number of carbonyl (C=O) groups excluding carboxylic acids is 1. The van der Waals surface area contributed by atoms with Crippen molar-refractivity contribution in [3.8, 4) is 0 Å². The van der Waals surface area contributed by atoms with Crippen LogP contribution < -0.4 is 5.32 Å². The van der Waals surface area contributed by atoms with E-state index in [0.29, 0.717) is 15.6 Å². The normalized spacial score (nSPS) is 11.3. The van der Waals surface area contributed by atoms with E-state index in [2.05, 4.69) is 5.32 Å². The van der Waals surface area contributed by atoms with Gasteiger partial charge in [-0.2, -0.15) is 0 Å². The van der Waals surface area contributed by atoms with Gasteiger partial charge >= 0.3 is 0 Å². The van der Waals surface area contributed by atoms with Crippen LogP contribution in [0.4, 0.5) is 0 Å². The molecule has 0 unspecified atom stereocenters. The van der Waals surface area contributed by atoms with Gasteiger partial charge < -0.3 is 5.32 Å². The van der Waals surface area contributed by atoms with Crippen LogP contribution in [0, 0.1) is 0 Å². The minimum Gasteiger partial charge on any atom is -0.347 e. The number of hydrogen-bond donors (Lipinski definition) is 1. The maximum absolute atomic E-state index is 12.0. The number of carbonyl (C=O) groups is 1.